The van der Waals surface area contributed by atoms with Crippen LogP contribution in [0.25, 0.3) is 0 Å². The van der Waals surface area contributed by atoms with Crippen molar-refractivity contribution in [3.8, 4) is 0 Å². The number of aromatic amines is 1. The van der Waals surface area contributed by atoms with Crippen molar-refractivity contribution in [2.75, 3.05) is 0 Å². The topological polar surface area (TPSA) is 70.7 Å². The molecule has 0 fully saturated rings. The van der Waals surface area contributed by atoms with Gasteiger partial charge in [-0.15, -0.1) is 0 Å². The first-order valence-electron chi connectivity index (χ1n) is 8.69. The summed E-state index contributed by atoms with van der Waals surface area (Å²) >= 11 is 6.17. The minimum Gasteiger partial charge on any atom is -0.347 e. The number of imidazole rings is 1. The Labute approximate surface area is 162 Å². The standard InChI is InChI=1S/C20H20ClFN4O/c1-3-16(26-12(2)17-10-24-11-25-17)14-6-7-15(21)18(19(14)22)20(27)13-5-4-8-23-9-13/h4-12,16,26H,3H2,1-2H3,(H,24,25)/t12-,16+/m0/s1. The van der Waals surface area contributed by atoms with Crippen molar-refractivity contribution in [1.82, 2.24) is 20.3 Å². The van der Waals surface area contributed by atoms with Crippen LogP contribution in [0.4, 0.5) is 4.39 Å². The molecular formula is C20H20ClFN4O. The molecule has 0 amide bonds. The summed E-state index contributed by atoms with van der Waals surface area (Å²) in [6.07, 6.45) is 6.92. The number of rotatable bonds is 7. The van der Waals surface area contributed by atoms with Crippen molar-refractivity contribution < 1.29 is 9.18 Å². The molecule has 140 valence electrons. The van der Waals surface area contributed by atoms with Gasteiger partial charge in [0.1, 0.15) is 5.82 Å². The second kappa shape index (κ2) is 8.41. The second-order valence-corrected chi connectivity index (χ2v) is 6.66. The fraction of sp³-hybridized carbons (Fsp3) is 0.250. The van der Waals surface area contributed by atoms with Gasteiger partial charge in [-0.2, -0.15) is 0 Å². The van der Waals surface area contributed by atoms with Gasteiger partial charge in [0.05, 0.1) is 22.6 Å². The first-order chi connectivity index (χ1) is 13.0. The zero-order chi connectivity index (χ0) is 19.4. The first-order valence-corrected chi connectivity index (χ1v) is 9.07. The lowest BCUT2D eigenvalue weighted by molar-refractivity contribution is 0.103. The van der Waals surface area contributed by atoms with Gasteiger partial charge in [0.2, 0.25) is 0 Å². The van der Waals surface area contributed by atoms with E-state index < -0.39 is 11.6 Å². The highest BCUT2D eigenvalue weighted by molar-refractivity contribution is 6.35. The van der Waals surface area contributed by atoms with Crippen molar-refractivity contribution in [3.05, 3.63) is 82.4 Å². The number of carbonyl (C=O) groups is 1. The molecule has 2 N–H and O–H groups in total. The summed E-state index contributed by atoms with van der Waals surface area (Å²) < 4.78 is 15.3. The molecule has 0 bridgehead atoms. The molecule has 2 atom stereocenters. The van der Waals surface area contributed by atoms with Crippen LogP contribution >= 0.6 is 11.6 Å². The molecule has 0 aliphatic rings. The van der Waals surface area contributed by atoms with Crippen molar-refractivity contribution >= 4 is 17.4 Å². The first kappa shape index (κ1) is 19.2. The third-order valence-electron chi connectivity index (χ3n) is 4.49. The van der Waals surface area contributed by atoms with Crippen LogP contribution < -0.4 is 5.32 Å². The summed E-state index contributed by atoms with van der Waals surface area (Å²) in [5.41, 5.74) is 1.47. The number of ketones is 1. The fourth-order valence-electron chi connectivity index (χ4n) is 3.01. The summed E-state index contributed by atoms with van der Waals surface area (Å²) in [6, 6.07) is 6.05. The molecule has 0 aliphatic heterocycles. The molecule has 0 radical (unpaired) electrons. The smallest absolute Gasteiger partial charge is 0.199 e. The summed E-state index contributed by atoms with van der Waals surface area (Å²) in [5, 5.41) is 3.46. The molecule has 5 nitrogen and oxygen atoms in total. The molecule has 7 heteroatoms. The average Bonchev–Trinajstić information content (AvgIpc) is 3.22. The number of nitrogens with one attached hydrogen (secondary N) is 2. The van der Waals surface area contributed by atoms with Crippen molar-refractivity contribution in [2.45, 2.75) is 32.4 Å². The predicted octanol–water partition coefficient (Wildman–Crippen LogP) is 4.63. The number of aromatic nitrogens is 3. The molecule has 0 saturated carbocycles. The van der Waals surface area contributed by atoms with E-state index in [0.29, 0.717) is 17.5 Å². The van der Waals surface area contributed by atoms with E-state index in [1.54, 1.807) is 43.0 Å². The van der Waals surface area contributed by atoms with Gasteiger partial charge >= 0.3 is 0 Å². The highest BCUT2D eigenvalue weighted by Gasteiger charge is 2.25. The van der Waals surface area contributed by atoms with Crippen molar-refractivity contribution in [1.29, 1.82) is 0 Å². The van der Waals surface area contributed by atoms with Crippen LogP contribution in [-0.2, 0) is 0 Å². The van der Waals surface area contributed by atoms with Gasteiger partial charge in [-0.05, 0) is 31.5 Å². The lowest BCUT2D eigenvalue weighted by Crippen LogP contribution is -2.26. The van der Waals surface area contributed by atoms with Gasteiger partial charge in [-0.1, -0.05) is 24.6 Å². The predicted molar refractivity (Wildman–Crippen MR) is 102 cm³/mol. The second-order valence-electron chi connectivity index (χ2n) is 6.25. The average molecular weight is 387 g/mol. The minimum absolute atomic E-state index is 0.0648. The van der Waals surface area contributed by atoms with E-state index in [2.05, 4.69) is 20.3 Å². The summed E-state index contributed by atoms with van der Waals surface area (Å²) in [4.78, 5) is 23.7. The number of hydrogen-bond acceptors (Lipinski definition) is 4. The van der Waals surface area contributed by atoms with Gasteiger partial charge in [0.15, 0.2) is 5.78 Å². The monoisotopic (exact) mass is 386 g/mol. The summed E-state index contributed by atoms with van der Waals surface area (Å²) in [6.45, 7) is 3.92. The molecule has 27 heavy (non-hydrogen) atoms. The van der Waals surface area contributed by atoms with E-state index in [1.165, 1.54) is 6.20 Å². The molecule has 0 unspecified atom stereocenters. The van der Waals surface area contributed by atoms with Crippen molar-refractivity contribution in [3.63, 3.8) is 0 Å². The van der Waals surface area contributed by atoms with Gasteiger partial charge in [0.25, 0.3) is 0 Å². The Morgan fingerprint density at radius 2 is 2.11 bits per heavy atom. The van der Waals surface area contributed by atoms with E-state index in [4.69, 9.17) is 11.6 Å². The van der Waals surface area contributed by atoms with Gasteiger partial charge in [-0.25, -0.2) is 9.37 Å². The molecule has 2 heterocycles. The van der Waals surface area contributed by atoms with Crippen LogP contribution in [0.5, 0.6) is 0 Å². The molecular weight excluding hydrogens is 367 g/mol. The maximum atomic E-state index is 15.3. The number of benzene rings is 1. The molecule has 2 aromatic heterocycles. The van der Waals surface area contributed by atoms with E-state index >= 15 is 4.39 Å². The number of carbonyl (C=O) groups excluding carboxylic acids is 1. The Kier molecular flexibility index (Phi) is 5.98. The number of halogens is 2. The van der Waals surface area contributed by atoms with Gasteiger partial charge in [-0.3, -0.25) is 9.78 Å². The van der Waals surface area contributed by atoms with Crippen molar-refractivity contribution in [2.24, 2.45) is 0 Å². The van der Waals surface area contributed by atoms with Crippen LogP contribution in [0.2, 0.25) is 5.02 Å². The van der Waals surface area contributed by atoms with Crippen LogP contribution in [-0.4, -0.2) is 20.7 Å². The Morgan fingerprint density at radius 3 is 2.74 bits per heavy atom. The zero-order valence-electron chi connectivity index (χ0n) is 15.0. The summed E-state index contributed by atoms with van der Waals surface area (Å²) in [5.74, 6) is -1.09. The van der Waals surface area contributed by atoms with E-state index in [1.807, 2.05) is 13.8 Å². The lowest BCUT2D eigenvalue weighted by Gasteiger charge is -2.23. The Hall–Kier alpha value is -2.57. The van der Waals surface area contributed by atoms with Gasteiger partial charge < -0.3 is 10.3 Å². The fourth-order valence-corrected chi connectivity index (χ4v) is 3.24. The Morgan fingerprint density at radius 1 is 1.30 bits per heavy atom. The molecule has 0 saturated heterocycles. The normalized spacial score (nSPS) is 13.3. The zero-order valence-corrected chi connectivity index (χ0v) is 15.8. The highest BCUT2D eigenvalue weighted by Crippen LogP contribution is 2.30. The summed E-state index contributed by atoms with van der Waals surface area (Å²) in [7, 11) is 0. The minimum atomic E-state index is -0.604. The molecule has 0 aliphatic carbocycles. The van der Waals surface area contributed by atoms with Gasteiger partial charge in [0, 0.05) is 41.8 Å². The maximum absolute atomic E-state index is 15.3. The lowest BCUT2D eigenvalue weighted by atomic mass is 9.96. The number of H-pyrrole nitrogens is 1. The molecule has 3 aromatic rings. The Balaban J connectivity index is 1.95. The number of hydrogen-bond donors (Lipinski definition) is 2. The van der Waals surface area contributed by atoms with Crippen LogP contribution in [0, 0.1) is 5.82 Å². The van der Waals surface area contributed by atoms with Crippen LogP contribution in [0.3, 0.4) is 0 Å². The third-order valence-corrected chi connectivity index (χ3v) is 4.81. The van der Waals surface area contributed by atoms with E-state index in [0.717, 1.165) is 5.69 Å². The third kappa shape index (κ3) is 4.07. The Bertz CT molecular complexity index is 915. The maximum Gasteiger partial charge on any atom is 0.199 e. The van der Waals surface area contributed by atoms with E-state index in [9.17, 15) is 4.79 Å². The molecule has 1 aromatic carbocycles. The largest absolute Gasteiger partial charge is 0.347 e. The highest BCUT2D eigenvalue weighted by atomic mass is 35.5. The number of nitrogens with zero attached hydrogens (tertiary/aromatic N) is 2. The molecule has 3 rings (SSSR count). The quantitative estimate of drug-likeness (QED) is 0.581. The SMILES string of the molecule is CC[C@@H](N[C@@H](C)c1cnc[nH]1)c1ccc(Cl)c(C(=O)c2cccnc2)c1F. The number of pyridine rings is 1. The van der Waals surface area contributed by atoms with Crippen LogP contribution in [0.15, 0.2) is 49.2 Å². The van der Waals surface area contributed by atoms with E-state index in [-0.39, 0.29) is 22.7 Å². The molecule has 0 spiro atoms. The van der Waals surface area contributed by atoms with Crippen LogP contribution in [0.1, 0.15) is 59.5 Å².